The summed E-state index contributed by atoms with van der Waals surface area (Å²) in [6.07, 6.45) is 6.39. The van der Waals surface area contributed by atoms with Gasteiger partial charge in [0.25, 0.3) is 0 Å². The molecule has 1 aromatic carbocycles. The summed E-state index contributed by atoms with van der Waals surface area (Å²) >= 11 is 0. The van der Waals surface area contributed by atoms with Crippen LogP contribution < -0.4 is 0 Å². The number of aromatic nitrogens is 1. The summed E-state index contributed by atoms with van der Waals surface area (Å²) in [5.41, 5.74) is 4.56. The summed E-state index contributed by atoms with van der Waals surface area (Å²) in [5.74, 6) is -0.738. The highest BCUT2D eigenvalue weighted by Crippen LogP contribution is 2.21. The van der Waals surface area contributed by atoms with Gasteiger partial charge in [0.1, 0.15) is 0 Å². The van der Waals surface area contributed by atoms with Gasteiger partial charge in [-0.1, -0.05) is 35.9 Å². The molecule has 130 valence electrons. The maximum absolute atomic E-state index is 12.4. The third kappa shape index (κ3) is 4.57. The van der Waals surface area contributed by atoms with Crippen molar-refractivity contribution in [3.05, 3.63) is 77.2 Å². The Kier molecular flexibility index (Phi) is 6.12. The molecule has 0 unspecified atom stereocenters. The van der Waals surface area contributed by atoms with Crippen LogP contribution >= 0.6 is 0 Å². The lowest BCUT2D eigenvalue weighted by atomic mass is 10.1. The highest BCUT2D eigenvalue weighted by atomic mass is 16.5. The fraction of sp³-hybridized carbons (Fsp3) is 0.238. The van der Waals surface area contributed by atoms with E-state index in [1.165, 1.54) is 11.6 Å². The van der Waals surface area contributed by atoms with Crippen molar-refractivity contribution in [1.29, 1.82) is 0 Å². The molecule has 0 N–H and O–H groups in total. The quantitative estimate of drug-likeness (QED) is 0.342. The minimum Gasteiger partial charge on any atom is -0.454 e. The summed E-state index contributed by atoms with van der Waals surface area (Å²) < 4.78 is 7.04. The van der Waals surface area contributed by atoms with Gasteiger partial charge in [0.05, 0.1) is 0 Å². The third-order valence-corrected chi connectivity index (χ3v) is 3.91. The number of benzene rings is 1. The largest absolute Gasteiger partial charge is 0.454 e. The summed E-state index contributed by atoms with van der Waals surface area (Å²) in [4.78, 5) is 24.0. The number of carbonyl (C=O) groups excluding carboxylic acids is 2. The van der Waals surface area contributed by atoms with Crippen LogP contribution in [-0.2, 0) is 9.53 Å². The van der Waals surface area contributed by atoms with E-state index in [1.807, 2.05) is 62.6 Å². The normalized spacial score (nSPS) is 11.4. The predicted octanol–water partition coefficient (Wildman–Crippen LogP) is 4.26. The van der Waals surface area contributed by atoms with Gasteiger partial charge in [-0.2, -0.15) is 0 Å². The van der Waals surface area contributed by atoms with Crippen LogP contribution in [0.1, 0.15) is 34.2 Å². The number of nitrogens with zero attached hydrogens (tertiary/aromatic N) is 1. The van der Waals surface area contributed by atoms with Crippen LogP contribution in [0.15, 0.2) is 54.6 Å². The molecule has 0 fully saturated rings. The molecule has 0 aliphatic heterocycles. The molecule has 0 saturated carbocycles. The number of esters is 1. The van der Waals surface area contributed by atoms with Gasteiger partial charge in [-0.05, 0) is 45.9 Å². The van der Waals surface area contributed by atoms with Crippen LogP contribution in [0, 0.1) is 20.8 Å². The maximum atomic E-state index is 12.4. The van der Waals surface area contributed by atoms with E-state index in [1.54, 1.807) is 18.2 Å². The Hall–Kier alpha value is -2.88. The van der Waals surface area contributed by atoms with E-state index < -0.39 is 5.97 Å². The number of Topliss-reactive ketones (excluding diaryl/α,β-unsaturated/α-hetero) is 1. The molecule has 0 aliphatic carbocycles. The van der Waals surface area contributed by atoms with E-state index in [4.69, 9.17) is 4.74 Å². The number of allylic oxidation sites excluding steroid dienone is 3. The fourth-order valence-corrected chi connectivity index (χ4v) is 2.64. The van der Waals surface area contributed by atoms with Crippen LogP contribution in [0.25, 0.3) is 5.69 Å². The van der Waals surface area contributed by atoms with Crippen LogP contribution in [-0.4, -0.2) is 22.9 Å². The van der Waals surface area contributed by atoms with Gasteiger partial charge in [-0.25, -0.2) is 4.79 Å². The number of ether oxygens (including phenoxy) is 1. The van der Waals surface area contributed by atoms with Crippen molar-refractivity contribution >= 4 is 11.8 Å². The molecule has 0 atom stereocenters. The van der Waals surface area contributed by atoms with E-state index in [2.05, 4.69) is 0 Å². The van der Waals surface area contributed by atoms with Crippen LogP contribution in [0.2, 0.25) is 0 Å². The molecular weight excluding hydrogens is 314 g/mol. The second-order valence-electron chi connectivity index (χ2n) is 5.87. The molecule has 0 aliphatic rings. The Morgan fingerprint density at radius 3 is 2.40 bits per heavy atom. The van der Waals surface area contributed by atoms with Gasteiger partial charge in [0.15, 0.2) is 6.61 Å². The monoisotopic (exact) mass is 337 g/mol. The number of ketones is 1. The van der Waals surface area contributed by atoms with E-state index in [0.29, 0.717) is 5.56 Å². The van der Waals surface area contributed by atoms with Gasteiger partial charge in [-0.3, -0.25) is 4.79 Å². The molecule has 0 amide bonds. The summed E-state index contributed by atoms with van der Waals surface area (Å²) in [5, 5.41) is 0. The Bertz CT molecular complexity index is 824. The zero-order valence-corrected chi connectivity index (χ0v) is 15.1. The lowest BCUT2D eigenvalue weighted by Crippen LogP contribution is -2.13. The molecule has 4 nitrogen and oxygen atoms in total. The van der Waals surface area contributed by atoms with Gasteiger partial charge in [0.2, 0.25) is 5.78 Å². The summed E-state index contributed by atoms with van der Waals surface area (Å²) in [6.45, 7) is 7.47. The first-order valence-corrected chi connectivity index (χ1v) is 8.19. The lowest BCUT2D eigenvalue weighted by Gasteiger charge is -2.10. The molecule has 25 heavy (non-hydrogen) atoms. The van der Waals surface area contributed by atoms with Crippen molar-refractivity contribution in [1.82, 2.24) is 4.57 Å². The Balaban J connectivity index is 2.15. The van der Waals surface area contributed by atoms with E-state index >= 15 is 0 Å². The summed E-state index contributed by atoms with van der Waals surface area (Å²) in [6, 6.07) is 9.95. The van der Waals surface area contributed by atoms with E-state index in [0.717, 1.165) is 17.1 Å². The zero-order valence-electron chi connectivity index (χ0n) is 15.1. The molecule has 1 aromatic heterocycles. The molecular formula is C21H23NO3. The standard InChI is InChI=1S/C21H23NO3/c1-5-6-7-8-21(24)25-14-20(23)19-13-16(3)22(17(19)4)18-11-9-15(2)10-12-18/h5-13H,14H2,1-4H3. The van der Waals surface area contributed by atoms with Crippen molar-refractivity contribution in [2.24, 2.45) is 0 Å². The fourth-order valence-electron chi connectivity index (χ4n) is 2.64. The van der Waals surface area contributed by atoms with Gasteiger partial charge >= 0.3 is 5.97 Å². The second-order valence-corrected chi connectivity index (χ2v) is 5.87. The number of rotatable bonds is 6. The van der Waals surface area contributed by atoms with Gasteiger partial charge in [-0.15, -0.1) is 0 Å². The molecule has 0 saturated heterocycles. The smallest absolute Gasteiger partial charge is 0.331 e. The number of aryl methyl sites for hydroxylation is 2. The van der Waals surface area contributed by atoms with Crippen LogP contribution in [0.4, 0.5) is 0 Å². The van der Waals surface area contributed by atoms with Crippen molar-refractivity contribution in [3.63, 3.8) is 0 Å². The number of carbonyl (C=O) groups is 2. The topological polar surface area (TPSA) is 48.3 Å². The van der Waals surface area contributed by atoms with Crippen LogP contribution in [0.3, 0.4) is 0 Å². The van der Waals surface area contributed by atoms with Crippen molar-refractivity contribution < 1.29 is 14.3 Å². The van der Waals surface area contributed by atoms with E-state index in [9.17, 15) is 9.59 Å². The first-order chi connectivity index (χ1) is 11.9. The Labute approximate surface area is 148 Å². The second kappa shape index (κ2) is 8.29. The maximum Gasteiger partial charge on any atom is 0.331 e. The third-order valence-electron chi connectivity index (χ3n) is 3.91. The molecule has 1 heterocycles. The van der Waals surface area contributed by atoms with Crippen molar-refractivity contribution in [3.8, 4) is 5.69 Å². The SMILES string of the molecule is CC=CC=CC(=O)OCC(=O)c1cc(C)n(-c2ccc(C)cc2)c1C. The van der Waals surface area contributed by atoms with Crippen LogP contribution in [0.5, 0.6) is 0 Å². The number of hydrogen-bond acceptors (Lipinski definition) is 3. The first kappa shape index (κ1) is 18.5. The molecule has 2 aromatic rings. The Morgan fingerprint density at radius 1 is 1.08 bits per heavy atom. The average Bonchev–Trinajstić information content (AvgIpc) is 2.88. The van der Waals surface area contributed by atoms with Crippen molar-refractivity contribution in [2.75, 3.05) is 6.61 Å². The van der Waals surface area contributed by atoms with E-state index in [-0.39, 0.29) is 12.4 Å². The minimum absolute atomic E-state index is 0.209. The lowest BCUT2D eigenvalue weighted by molar-refractivity contribution is -0.136. The van der Waals surface area contributed by atoms with Crippen molar-refractivity contribution in [2.45, 2.75) is 27.7 Å². The Morgan fingerprint density at radius 2 is 1.76 bits per heavy atom. The molecule has 0 radical (unpaired) electrons. The molecule has 0 bridgehead atoms. The van der Waals surface area contributed by atoms with Gasteiger partial charge in [0, 0.05) is 28.7 Å². The zero-order chi connectivity index (χ0) is 18.4. The minimum atomic E-state index is -0.529. The number of hydrogen-bond donors (Lipinski definition) is 0. The summed E-state index contributed by atoms with van der Waals surface area (Å²) in [7, 11) is 0. The highest BCUT2D eigenvalue weighted by Gasteiger charge is 2.17. The average molecular weight is 337 g/mol. The molecule has 2 rings (SSSR count). The highest BCUT2D eigenvalue weighted by molar-refractivity contribution is 6.00. The molecule has 0 spiro atoms. The first-order valence-electron chi connectivity index (χ1n) is 8.19. The molecule has 4 heteroatoms. The van der Waals surface area contributed by atoms with Gasteiger partial charge < -0.3 is 9.30 Å². The predicted molar refractivity (Wildman–Crippen MR) is 99.2 cm³/mol.